The van der Waals surface area contributed by atoms with Crippen molar-refractivity contribution >= 4 is 17.7 Å². The Balaban J connectivity index is 2.77. The summed E-state index contributed by atoms with van der Waals surface area (Å²) in [6.07, 6.45) is 0. The minimum Gasteiger partial charge on any atom is -0.294 e. The topological polar surface area (TPSA) is 55.1 Å². The summed E-state index contributed by atoms with van der Waals surface area (Å²) in [6, 6.07) is 3.24. The summed E-state index contributed by atoms with van der Waals surface area (Å²) in [6.45, 7) is 3.44. The van der Waals surface area contributed by atoms with Crippen LogP contribution in [0.2, 0.25) is 0 Å². The first-order chi connectivity index (χ1) is 7.95. The van der Waals surface area contributed by atoms with E-state index in [1.165, 1.54) is 0 Å². The molecule has 0 heterocycles. The van der Waals surface area contributed by atoms with Gasteiger partial charge in [-0.2, -0.15) is 0 Å². The maximum absolute atomic E-state index is 13.4. The molecule has 0 spiro atoms. The summed E-state index contributed by atoms with van der Waals surface area (Å²) in [7, 11) is 0. The van der Waals surface area contributed by atoms with Crippen molar-refractivity contribution in [1.29, 1.82) is 0 Å². The molecule has 0 saturated heterocycles. The second-order valence-electron chi connectivity index (χ2n) is 3.69. The van der Waals surface area contributed by atoms with Crippen molar-refractivity contribution in [3.05, 3.63) is 29.8 Å². The van der Waals surface area contributed by atoms with E-state index in [1.807, 2.05) is 5.43 Å². The lowest BCUT2D eigenvalue weighted by Crippen LogP contribution is -2.38. The highest BCUT2D eigenvalue weighted by Crippen LogP contribution is 2.30. The minimum absolute atomic E-state index is 0.189. The van der Waals surface area contributed by atoms with E-state index < -0.39 is 17.6 Å². The number of hydrogen-bond acceptors (Lipinski definition) is 3. The monoisotopic (exact) mass is 260 g/mol. The SMILES string of the molecule is CC(Sc1cc(F)ccc1F)C(C)C(=O)NN. The van der Waals surface area contributed by atoms with Crippen LogP contribution in [0.5, 0.6) is 0 Å². The zero-order valence-corrected chi connectivity index (χ0v) is 10.4. The maximum Gasteiger partial charge on any atom is 0.237 e. The van der Waals surface area contributed by atoms with Crippen molar-refractivity contribution in [2.24, 2.45) is 11.8 Å². The van der Waals surface area contributed by atoms with Crippen molar-refractivity contribution < 1.29 is 13.6 Å². The van der Waals surface area contributed by atoms with Gasteiger partial charge in [0.15, 0.2) is 0 Å². The molecule has 2 atom stereocenters. The Hall–Kier alpha value is -1.14. The average Bonchev–Trinajstić information content (AvgIpc) is 2.31. The molecule has 6 heteroatoms. The van der Waals surface area contributed by atoms with Gasteiger partial charge in [-0.1, -0.05) is 13.8 Å². The number of nitrogens with two attached hydrogens (primary N) is 1. The van der Waals surface area contributed by atoms with Crippen LogP contribution < -0.4 is 11.3 Å². The van der Waals surface area contributed by atoms with Crippen molar-refractivity contribution in [2.75, 3.05) is 0 Å². The van der Waals surface area contributed by atoms with Gasteiger partial charge >= 0.3 is 0 Å². The lowest BCUT2D eigenvalue weighted by atomic mass is 10.1. The number of hydrazine groups is 1. The van der Waals surface area contributed by atoms with E-state index in [0.29, 0.717) is 0 Å². The Morgan fingerprint density at radius 1 is 1.41 bits per heavy atom. The predicted molar refractivity (Wildman–Crippen MR) is 63.2 cm³/mol. The quantitative estimate of drug-likeness (QED) is 0.377. The summed E-state index contributed by atoms with van der Waals surface area (Å²) in [5, 5.41) is -0.213. The number of carbonyl (C=O) groups excluding carboxylic acids is 1. The van der Waals surface area contributed by atoms with Gasteiger partial charge in [0.25, 0.3) is 0 Å². The molecule has 2 unspecified atom stereocenters. The Morgan fingerprint density at radius 2 is 2.06 bits per heavy atom. The highest BCUT2D eigenvalue weighted by Gasteiger charge is 2.21. The fourth-order valence-corrected chi connectivity index (χ4v) is 2.30. The summed E-state index contributed by atoms with van der Waals surface area (Å²) in [4.78, 5) is 11.5. The summed E-state index contributed by atoms with van der Waals surface area (Å²) in [5.41, 5.74) is 2.04. The number of nitrogens with one attached hydrogen (secondary N) is 1. The number of benzene rings is 1. The predicted octanol–water partition coefficient (Wildman–Crippen LogP) is 2.07. The van der Waals surface area contributed by atoms with Crippen LogP contribution >= 0.6 is 11.8 Å². The van der Waals surface area contributed by atoms with E-state index in [9.17, 15) is 13.6 Å². The van der Waals surface area contributed by atoms with Crippen LogP contribution in [0.15, 0.2) is 23.1 Å². The van der Waals surface area contributed by atoms with E-state index in [4.69, 9.17) is 5.84 Å². The van der Waals surface area contributed by atoms with Gasteiger partial charge in [0.2, 0.25) is 5.91 Å². The van der Waals surface area contributed by atoms with E-state index in [1.54, 1.807) is 13.8 Å². The molecule has 0 aliphatic carbocycles. The van der Waals surface area contributed by atoms with Gasteiger partial charge < -0.3 is 0 Å². The van der Waals surface area contributed by atoms with Crippen LogP contribution in [-0.4, -0.2) is 11.2 Å². The van der Waals surface area contributed by atoms with Gasteiger partial charge in [-0.3, -0.25) is 10.2 Å². The summed E-state index contributed by atoms with van der Waals surface area (Å²) in [5.74, 6) is 3.29. The Bertz CT molecular complexity index is 414. The first kappa shape index (κ1) is 13.9. The Kier molecular flexibility index (Phi) is 4.89. The largest absolute Gasteiger partial charge is 0.294 e. The number of rotatable bonds is 4. The second-order valence-corrected chi connectivity index (χ2v) is 5.11. The Labute approximate surface area is 103 Å². The van der Waals surface area contributed by atoms with Gasteiger partial charge in [0, 0.05) is 16.1 Å². The minimum atomic E-state index is -0.503. The molecule has 1 amide bonds. The van der Waals surface area contributed by atoms with E-state index in [-0.39, 0.29) is 16.1 Å². The van der Waals surface area contributed by atoms with Crippen LogP contribution in [0.25, 0.3) is 0 Å². The van der Waals surface area contributed by atoms with Crippen LogP contribution in [0, 0.1) is 17.6 Å². The molecule has 3 nitrogen and oxygen atoms in total. The molecule has 1 rings (SSSR count). The van der Waals surface area contributed by atoms with Crippen molar-refractivity contribution in [3.8, 4) is 0 Å². The summed E-state index contributed by atoms with van der Waals surface area (Å²) >= 11 is 1.10. The fraction of sp³-hybridized carbons (Fsp3) is 0.364. The van der Waals surface area contributed by atoms with Crippen LogP contribution in [0.4, 0.5) is 8.78 Å². The lowest BCUT2D eigenvalue weighted by molar-refractivity contribution is -0.124. The molecule has 17 heavy (non-hydrogen) atoms. The van der Waals surface area contributed by atoms with E-state index >= 15 is 0 Å². The van der Waals surface area contributed by atoms with Gasteiger partial charge in [-0.25, -0.2) is 14.6 Å². The normalized spacial score (nSPS) is 14.2. The fourth-order valence-electron chi connectivity index (χ4n) is 1.21. The number of thioether (sulfide) groups is 1. The van der Waals surface area contributed by atoms with Crippen molar-refractivity contribution in [3.63, 3.8) is 0 Å². The van der Waals surface area contributed by atoms with E-state index in [0.717, 1.165) is 30.0 Å². The molecule has 0 bridgehead atoms. The Morgan fingerprint density at radius 3 is 2.65 bits per heavy atom. The number of halogens is 2. The van der Waals surface area contributed by atoms with Crippen molar-refractivity contribution in [2.45, 2.75) is 24.0 Å². The van der Waals surface area contributed by atoms with Gasteiger partial charge in [0.05, 0.1) is 0 Å². The number of carbonyl (C=O) groups is 1. The van der Waals surface area contributed by atoms with Gasteiger partial charge in [-0.05, 0) is 18.2 Å². The van der Waals surface area contributed by atoms with Crippen LogP contribution in [0.3, 0.4) is 0 Å². The van der Waals surface area contributed by atoms with Crippen LogP contribution in [0.1, 0.15) is 13.8 Å². The molecule has 3 N–H and O–H groups in total. The molecule has 0 aliphatic rings. The van der Waals surface area contributed by atoms with Gasteiger partial charge in [-0.15, -0.1) is 11.8 Å². The molecule has 0 fully saturated rings. The summed E-state index contributed by atoms with van der Waals surface area (Å²) < 4.78 is 26.3. The molecule has 1 aromatic rings. The van der Waals surface area contributed by atoms with Crippen LogP contribution in [-0.2, 0) is 4.79 Å². The molecule has 0 aliphatic heterocycles. The zero-order chi connectivity index (χ0) is 13.0. The average molecular weight is 260 g/mol. The maximum atomic E-state index is 13.4. The van der Waals surface area contributed by atoms with Gasteiger partial charge in [0.1, 0.15) is 11.6 Å². The molecule has 0 radical (unpaired) electrons. The molecule has 0 saturated carbocycles. The third-order valence-corrected chi connectivity index (χ3v) is 3.81. The first-order valence-electron chi connectivity index (χ1n) is 5.08. The highest BCUT2D eigenvalue weighted by atomic mass is 32.2. The lowest BCUT2D eigenvalue weighted by Gasteiger charge is -2.18. The molecule has 0 aromatic heterocycles. The standard InChI is InChI=1S/C11H14F2N2OS/c1-6(11(16)15-14)7(2)17-10-5-8(12)3-4-9(10)13/h3-7H,14H2,1-2H3,(H,15,16). The van der Waals surface area contributed by atoms with Crippen molar-refractivity contribution in [1.82, 2.24) is 5.43 Å². The molecule has 1 aromatic carbocycles. The zero-order valence-electron chi connectivity index (χ0n) is 9.54. The number of amides is 1. The second kappa shape index (κ2) is 5.97. The van der Waals surface area contributed by atoms with E-state index in [2.05, 4.69) is 0 Å². The molecular formula is C11H14F2N2OS. The number of hydrogen-bond donors (Lipinski definition) is 2. The third kappa shape index (κ3) is 3.67. The molecular weight excluding hydrogens is 246 g/mol. The molecule has 94 valence electrons. The third-order valence-electron chi connectivity index (χ3n) is 2.47. The smallest absolute Gasteiger partial charge is 0.237 e. The first-order valence-corrected chi connectivity index (χ1v) is 5.95. The highest BCUT2D eigenvalue weighted by molar-refractivity contribution is 8.00.